The highest BCUT2D eigenvalue weighted by molar-refractivity contribution is 5.67. The molecule has 2 rings (SSSR count). The van der Waals surface area contributed by atoms with E-state index in [1.54, 1.807) is 0 Å². The summed E-state index contributed by atoms with van der Waals surface area (Å²) in [6.07, 6.45) is 0. The topological polar surface area (TPSA) is 153 Å². The number of anilines is 2. The van der Waals surface area contributed by atoms with Gasteiger partial charge in [0.25, 0.3) is 11.4 Å². The molecule has 0 saturated heterocycles. The maximum Gasteiger partial charge on any atom is 0.300 e. The minimum absolute atomic E-state index is 0.0129. The van der Waals surface area contributed by atoms with Crippen molar-refractivity contribution in [2.45, 2.75) is 0 Å². The van der Waals surface area contributed by atoms with E-state index in [1.807, 2.05) is 0 Å². The average Bonchev–Trinajstić information content (AvgIpc) is 2.52. The van der Waals surface area contributed by atoms with Crippen molar-refractivity contribution in [3.8, 4) is 0 Å². The van der Waals surface area contributed by atoms with Crippen molar-refractivity contribution < 1.29 is 14.8 Å². The summed E-state index contributed by atoms with van der Waals surface area (Å²) < 4.78 is 0. The van der Waals surface area contributed by atoms with Gasteiger partial charge in [0, 0.05) is 18.2 Å². The molecule has 0 saturated carbocycles. The van der Waals surface area contributed by atoms with E-state index < -0.39 is 26.1 Å². The molecule has 0 spiro atoms. The molecule has 23 heavy (non-hydrogen) atoms. The van der Waals surface area contributed by atoms with Crippen LogP contribution in [0.25, 0.3) is 0 Å². The van der Waals surface area contributed by atoms with Crippen LogP contribution in [0.2, 0.25) is 0 Å². The third-order valence-corrected chi connectivity index (χ3v) is 2.81. The minimum atomic E-state index is -0.757. The fraction of sp³-hybridized carbons (Fsp3) is 0. The molecule has 11 nitrogen and oxygen atoms in total. The number of non-ortho nitro benzene ring substituents is 2. The standard InChI is InChI=1S/C12H9N5O6/c18-15(19)9-3-1-8(2-4-9)13-14-11-6-5-10(16(20)21)7-12(11)17(22)23/h1-7,13-14H. The summed E-state index contributed by atoms with van der Waals surface area (Å²) in [6.45, 7) is 0. The quantitative estimate of drug-likeness (QED) is 0.608. The zero-order valence-corrected chi connectivity index (χ0v) is 11.3. The Hall–Kier alpha value is -3.76. The zero-order chi connectivity index (χ0) is 17.0. The van der Waals surface area contributed by atoms with Crippen LogP contribution < -0.4 is 10.9 Å². The van der Waals surface area contributed by atoms with Gasteiger partial charge in [0.15, 0.2) is 0 Å². The van der Waals surface area contributed by atoms with Crippen molar-refractivity contribution in [2.75, 3.05) is 10.9 Å². The van der Waals surface area contributed by atoms with E-state index in [4.69, 9.17) is 0 Å². The fourth-order valence-electron chi connectivity index (χ4n) is 1.70. The smallest absolute Gasteiger partial charge is 0.300 e. The molecule has 0 fully saturated rings. The van der Waals surface area contributed by atoms with Gasteiger partial charge in [-0.3, -0.25) is 35.8 Å². The van der Waals surface area contributed by atoms with Gasteiger partial charge in [-0.15, -0.1) is 0 Å². The van der Waals surface area contributed by atoms with Gasteiger partial charge < -0.3 is 5.43 Å². The summed E-state index contributed by atoms with van der Waals surface area (Å²) in [5.41, 5.74) is 4.62. The fourth-order valence-corrected chi connectivity index (χ4v) is 1.70. The van der Waals surface area contributed by atoms with Crippen LogP contribution in [-0.2, 0) is 0 Å². The van der Waals surface area contributed by atoms with Gasteiger partial charge >= 0.3 is 5.69 Å². The van der Waals surface area contributed by atoms with Crippen molar-refractivity contribution in [1.82, 2.24) is 0 Å². The Labute approximate surface area is 128 Å². The Bertz CT molecular complexity index is 776. The van der Waals surface area contributed by atoms with Gasteiger partial charge in [-0.05, 0) is 18.2 Å². The molecule has 0 atom stereocenters. The van der Waals surface area contributed by atoms with E-state index in [1.165, 1.54) is 30.3 Å². The maximum atomic E-state index is 11.0. The lowest BCUT2D eigenvalue weighted by atomic mass is 10.2. The van der Waals surface area contributed by atoms with Crippen LogP contribution in [0.5, 0.6) is 0 Å². The summed E-state index contributed by atoms with van der Waals surface area (Å²) in [4.78, 5) is 30.1. The van der Waals surface area contributed by atoms with Gasteiger partial charge in [-0.2, -0.15) is 0 Å². The molecule has 0 bridgehead atoms. The molecule has 0 radical (unpaired) electrons. The Morgan fingerprint density at radius 3 is 1.78 bits per heavy atom. The van der Waals surface area contributed by atoms with Crippen molar-refractivity contribution >= 4 is 28.4 Å². The van der Waals surface area contributed by atoms with E-state index in [9.17, 15) is 30.3 Å². The number of hydrogen-bond donors (Lipinski definition) is 2. The van der Waals surface area contributed by atoms with Crippen LogP contribution >= 0.6 is 0 Å². The number of hydrogen-bond acceptors (Lipinski definition) is 8. The summed E-state index contributed by atoms with van der Waals surface area (Å²) in [5.74, 6) is 0. The van der Waals surface area contributed by atoms with E-state index in [0.29, 0.717) is 5.69 Å². The Morgan fingerprint density at radius 2 is 1.26 bits per heavy atom. The number of hydrazine groups is 1. The van der Waals surface area contributed by atoms with Crippen molar-refractivity contribution in [3.63, 3.8) is 0 Å². The molecule has 0 heterocycles. The predicted octanol–water partition coefficient (Wildman–Crippen LogP) is 2.85. The van der Waals surface area contributed by atoms with Gasteiger partial charge in [0.05, 0.1) is 26.5 Å². The zero-order valence-electron chi connectivity index (χ0n) is 11.3. The minimum Gasteiger partial charge on any atom is -0.301 e. The van der Waals surface area contributed by atoms with E-state index in [-0.39, 0.29) is 11.4 Å². The van der Waals surface area contributed by atoms with Crippen LogP contribution in [0.1, 0.15) is 0 Å². The first-order valence-corrected chi connectivity index (χ1v) is 6.08. The third-order valence-electron chi connectivity index (χ3n) is 2.81. The monoisotopic (exact) mass is 319 g/mol. The molecule has 0 aromatic heterocycles. The summed E-state index contributed by atoms with van der Waals surface area (Å²) >= 11 is 0. The van der Waals surface area contributed by atoms with Gasteiger partial charge in [0.1, 0.15) is 5.69 Å². The van der Waals surface area contributed by atoms with Gasteiger partial charge in [0.2, 0.25) is 0 Å². The van der Waals surface area contributed by atoms with Crippen molar-refractivity contribution in [2.24, 2.45) is 0 Å². The molecular weight excluding hydrogens is 310 g/mol. The Balaban J connectivity index is 2.18. The largest absolute Gasteiger partial charge is 0.301 e. The normalized spacial score (nSPS) is 9.91. The second-order valence-electron chi connectivity index (χ2n) is 4.27. The lowest BCUT2D eigenvalue weighted by molar-refractivity contribution is -0.393. The molecule has 2 aromatic rings. The van der Waals surface area contributed by atoms with Crippen LogP contribution in [0.15, 0.2) is 42.5 Å². The molecule has 2 N–H and O–H groups in total. The highest BCUT2D eigenvalue weighted by Crippen LogP contribution is 2.29. The molecule has 0 aliphatic heterocycles. The molecule has 0 amide bonds. The van der Waals surface area contributed by atoms with E-state index in [2.05, 4.69) is 10.9 Å². The summed E-state index contributed by atoms with van der Waals surface area (Å²) in [5, 5.41) is 32.2. The van der Waals surface area contributed by atoms with E-state index >= 15 is 0 Å². The Morgan fingerprint density at radius 1 is 0.696 bits per heavy atom. The van der Waals surface area contributed by atoms with E-state index in [0.717, 1.165) is 12.1 Å². The van der Waals surface area contributed by atoms with Crippen molar-refractivity contribution in [1.29, 1.82) is 0 Å². The first-order valence-electron chi connectivity index (χ1n) is 6.08. The van der Waals surface area contributed by atoms with Crippen LogP contribution in [0.3, 0.4) is 0 Å². The van der Waals surface area contributed by atoms with Crippen molar-refractivity contribution in [3.05, 3.63) is 72.8 Å². The first kappa shape index (κ1) is 15.6. The number of nitro groups is 3. The molecule has 2 aromatic carbocycles. The highest BCUT2D eigenvalue weighted by Gasteiger charge is 2.19. The summed E-state index contributed by atoms with van der Waals surface area (Å²) in [6, 6.07) is 8.47. The van der Waals surface area contributed by atoms with Crippen LogP contribution in [0, 0.1) is 30.3 Å². The lowest BCUT2D eigenvalue weighted by Gasteiger charge is -2.09. The average molecular weight is 319 g/mol. The predicted molar refractivity (Wildman–Crippen MR) is 80.1 cm³/mol. The summed E-state index contributed by atoms with van der Waals surface area (Å²) in [7, 11) is 0. The number of nitrogens with one attached hydrogen (secondary N) is 2. The van der Waals surface area contributed by atoms with Gasteiger partial charge in [-0.25, -0.2) is 0 Å². The number of rotatable bonds is 6. The third kappa shape index (κ3) is 3.66. The molecule has 0 unspecified atom stereocenters. The molecule has 0 aliphatic carbocycles. The first-order chi connectivity index (χ1) is 10.9. The lowest BCUT2D eigenvalue weighted by Crippen LogP contribution is -2.10. The second-order valence-corrected chi connectivity index (χ2v) is 4.27. The molecule has 118 valence electrons. The number of nitro benzene ring substituents is 3. The molecular formula is C12H9N5O6. The molecule has 0 aliphatic rings. The van der Waals surface area contributed by atoms with Crippen LogP contribution in [0.4, 0.5) is 28.4 Å². The second kappa shape index (κ2) is 6.34. The highest BCUT2D eigenvalue weighted by atomic mass is 16.6. The molecule has 11 heteroatoms. The maximum absolute atomic E-state index is 11.0. The van der Waals surface area contributed by atoms with Gasteiger partial charge in [-0.1, -0.05) is 0 Å². The number of nitrogens with zero attached hydrogens (tertiary/aromatic N) is 3. The van der Waals surface area contributed by atoms with Crippen LogP contribution in [-0.4, -0.2) is 14.8 Å². The Kier molecular flexibility index (Phi) is 4.31. The number of benzene rings is 2. The SMILES string of the molecule is O=[N+]([O-])c1ccc(NNc2ccc([N+](=O)[O-])cc2[N+](=O)[O-])cc1.